The van der Waals surface area contributed by atoms with Gasteiger partial charge in [-0.25, -0.2) is 0 Å². The summed E-state index contributed by atoms with van der Waals surface area (Å²) in [7, 11) is 0. The first kappa shape index (κ1) is 25.6. The van der Waals surface area contributed by atoms with Gasteiger partial charge in [0.15, 0.2) is 23.1 Å². The van der Waals surface area contributed by atoms with E-state index in [9.17, 15) is 39.6 Å². The fourth-order valence-electron chi connectivity index (χ4n) is 6.99. The number of ketones is 4. The molecule has 4 N–H and O–H groups in total. The Morgan fingerprint density at radius 3 is 1.50 bits per heavy atom. The zero-order valence-corrected chi connectivity index (χ0v) is 22.2. The highest BCUT2D eigenvalue weighted by atomic mass is 16.3. The summed E-state index contributed by atoms with van der Waals surface area (Å²) in [6, 6.07) is 4.59. The van der Waals surface area contributed by atoms with Crippen molar-refractivity contribution >= 4 is 23.1 Å². The van der Waals surface area contributed by atoms with Crippen LogP contribution in [0.15, 0.2) is 69.9 Å². The number of carbonyl (C=O) groups excluding carboxylic acids is 4. The van der Waals surface area contributed by atoms with Crippen LogP contribution in [0.25, 0.3) is 0 Å². The van der Waals surface area contributed by atoms with Gasteiger partial charge >= 0.3 is 0 Å². The second-order valence-corrected chi connectivity index (χ2v) is 11.3. The van der Waals surface area contributed by atoms with Crippen molar-refractivity contribution < 1.29 is 39.6 Å². The molecular formula is C32H26O8. The molecule has 0 saturated heterocycles. The van der Waals surface area contributed by atoms with Crippen molar-refractivity contribution in [2.45, 2.75) is 27.7 Å². The molecule has 2 aromatic carbocycles. The smallest absolute Gasteiger partial charge is 0.194 e. The lowest BCUT2D eigenvalue weighted by atomic mass is 9.70. The molecule has 8 nitrogen and oxygen atoms in total. The topological polar surface area (TPSA) is 149 Å². The molecule has 4 aliphatic carbocycles. The number of benzene rings is 2. The van der Waals surface area contributed by atoms with Gasteiger partial charge in [-0.3, -0.25) is 19.2 Å². The van der Waals surface area contributed by atoms with Crippen molar-refractivity contribution in [2.24, 2.45) is 23.7 Å². The predicted octanol–water partition coefficient (Wildman–Crippen LogP) is 4.98. The second-order valence-electron chi connectivity index (χ2n) is 11.3. The third kappa shape index (κ3) is 3.13. The van der Waals surface area contributed by atoms with E-state index in [2.05, 4.69) is 0 Å². The minimum Gasteiger partial charge on any atom is -0.507 e. The van der Waals surface area contributed by atoms with Crippen LogP contribution in [0.1, 0.15) is 69.1 Å². The lowest BCUT2D eigenvalue weighted by molar-refractivity contribution is 0.0854. The number of phenols is 4. The van der Waals surface area contributed by atoms with Gasteiger partial charge in [-0.15, -0.1) is 0 Å². The van der Waals surface area contributed by atoms with Crippen molar-refractivity contribution in [3.8, 4) is 23.0 Å². The van der Waals surface area contributed by atoms with E-state index in [-0.39, 0.29) is 39.0 Å². The van der Waals surface area contributed by atoms with Crippen LogP contribution in [-0.2, 0) is 0 Å². The molecule has 4 aliphatic rings. The van der Waals surface area contributed by atoms with Crippen LogP contribution in [0.3, 0.4) is 0 Å². The molecule has 40 heavy (non-hydrogen) atoms. The Kier molecular flexibility index (Phi) is 5.36. The maximum atomic E-state index is 14.1. The van der Waals surface area contributed by atoms with Gasteiger partial charge < -0.3 is 20.4 Å². The highest BCUT2D eigenvalue weighted by Crippen LogP contribution is 2.62. The van der Waals surface area contributed by atoms with Gasteiger partial charge in [-0.2, -0.15) is 0 Å². The van der Waals surface area contributed by atoms with Gasteiger partial charge in [0.1, 0.15) is 23.0 Å². The molecule has 6 rings (SSSR count). The number of hydrogen-bond donors (Lipinski definition) is 4. The summed E-state index contributed by atoms with van der Waals surface area (Å²) in [4.78, 5) is 56.3. The van der Waals surface area contributed by atoms with E-state index in [1.54, 1.807) is 26.0 Å². The van der Waals surface area contributed by atoms with E-state index < -0.39 is 69.8 Å². The SMILES string of the molecule is CC(C)=C[C@H]1C2=C(C(=O)c3c(O)ccc(O)c3C2=O)[C@@H]2C1=C1C(=O)c3c(O)ccc(O)c3C(=O)[C@@H]1[C@@H]2C=C(C)C. The van der Waals surface area contributed by atoms with Crippen molar-refractivity contribution in [1.82, 2.24) is 0 Å². The molecule has 0 radical (unpaired) electrons. The Morgan fingerprint density at radius 2 is 1.00 bits per heavy atom. The van der Waals surface area contributed by atoms with E-state index in [4.69, 9.17) is 0 Å². The van der Waals surface area contributed by atoms with Crippen molar-refractivity contribution in [2.75, 3.05) is 0 Å². The third-order valence-corrected chi connectivity index (χ3v) is 8.27. The van der Waals surface area contributed by atoms with Crippen LogP contribution >= 0.6 is 0 Å². The molecule has 0 unspecified atom stereocenters. The number of aromatic hydroxyl groups is 4. The normalized spacial score (nSPS) is 24.4. The number of allylic oxidation sites excluding steroid dienone is 8. The Balaban J connectivity index is 1.72. The standard InChI is InChI=1S/C32H26O8/c1-11(2)9-13-19-20(28-21(13)29(37)23-15(33)5-7-17(35)25(23)32(28)40)14(10-12(3)4)22-27(19)31(39)26-18(36)8-6-16(34)24(26)30(22)38/h5-10,13-14,19,21,33-36H,1-4H3/t13-,14-,19+,21-/m1/s1. The number of Topliss-reactive ketones (excluding diaryl/α,β-unsaturated/α-hetero) is 4. The minimum atomic E-state index is -1.06. The first-order valence-electron chi connectivity index (χ1n) is 12.9. The van der Waals surface area contributed by atoms with Gasteiger partial charge in [0.05, 0.1) is 28.2 Å². The second kappa shape index (κ2) is 8.39. The van der Waals surface area contributed by atoms with Gasteiger partial charge in [-0.05, 0) is 57.5 Å². The van der Waals surface area contributed by atoms with E-state index in [0.717, 1.165) is 35.4 Å². The summed E-state index contributed by atoms with van der Waals surface area (Å²) < 4.78 is 0. The number of rotatable bonds is 2. The average molecular weight is 539 g/mol. The van der Waals surface area contributed by atoms with E-state index in [1.807, 2.05) is 13.8 Å². The molecule has 4 atom stereocenters. The van der Waals surface area contributed by atoms with Gasteiger partial charge in [0.2, 0.25) is 0 Å². The molecule has 8 heteroatoms. The van der Waals surface area contributed by atoms with Crippen molar-refractivity contribution in [3.63, 3.8) is 0 Å². The van der Waals surface area contributed by atoms with Crippen LogP contribution in [0.4, 0.5) is 0 Å². The Morgan fingerprint density at radius 1 is 0.575 bits per heavy atom. The van der Waals surface area contributed by atoms with Crippen molar-refractivity contribution in [1.29, 1.82) is 0 Å². The maximum absolute atomic E-state index is 14.1. The molecule has 2 aromatic rings. The fraction of sp³-hybridized carbons (Fsp3) is 0.250. The third-order valence-electron chi connectivity index (χ3n) is 8.27. The number of carbonyl (C=O) groups is 4. The largest absolute Gasteiger partial charge is 0.507 e. The van der Waals surface area contributed by atoms with Crippen LogP contribution < -0.4 is 0 Å². The zero-order chi connectivity index (χ0) is 28.9. The predicted molar refractivity (Wildman–Crippen MR) is 144 cm³/mol. The molecule has 0 heterocycles. The maximum Gasteiger partial charge on any atom is 0.194 e. The number of phenolic OH excluding ortho intramolecular Hbond substituents is 4. The van der Waals surface area contributed by atoms with Crippen LogP contribution in [-0.4, -0.2) is 43.6 Å². The van der Waals surface area contributed by atoms with Gasteiger partial charge in [0.25, 0.3) is 0 Å². The van der Waals surface area contributed by atoms with E-state index in [0.29, 0.717) is 5.57 Å². The molecular weight excluding hydrogens is 512 g/mol. The fourth-order valence-corrected chi connectivity index (χ4v) is 6.99. The summed E-state index contributed by atoms with van der Waals surface area (Å²) in [6.45, 7) is 7.24. The molecule has 0 saturated carbocycles. The lowest BCUT2D eigenvalue weighted by Crippen LogP contribution is -2.34. The van der Waals surface area contributed by atoms with Crippen LogP contribution in [0, 0.1) is 23.7 Å². The van der Waals surface area contributed by atoms with Crippen molar-refractivity contribution in [3.05, 3.63) is 92.1 Å². The Hall–Kier alpha value is -4.72. The van der Waals surface area contributed by atoms with E-state index >= 15 is 0 Å². The van der Waals surface area contributed by atoms with Crippen LogP contribution in [0.5, 0.6) is 23.0 Å². The van der Waals surface area contributed by atoms with Gasteiger partial charge in [-0.1, -0.05) is 23.3 Å². The Labute approximate surface area is 229 Å². The summed E-state index contributed by atoms with van der Waals surface area (Å²) in [6.07, 6.45) is 3.55. The molecule has 0 bridgehead atoms. The summed E-state index contributed by atoms with van der Waals surface area (Å²) >= 11 is 0. The first-order chi connectivity index (χ1) is 18.9. The number of fused-ring (bicyclic) bond motifs is 5. The van der Waals surface area contributed by atoms with Gasteiger partial charge in [0, 0.05) is 34.5 Å². The van der Waals surface area contributed by atoms with E-state index in [1.165, 1.54) is 0 Å². The summed E-state index contributed by atoms with van der Waals surface area (Å²) in [5.41, 5.74) is 1.11. The molecule has 0 amide bonds. The first-order valence-corrected chi connectivity index (χ1v) is 12.9. The summed E-state index contributed by atoms with van der Waals surface area (Å²) in [5, 5.41) is 42.4. The molecule has 0 aliphatic heterocycles. The molecule has 202 valence electrons. The minimum absolute atomic E-state index is 0.0819. The van der Waals surface area contributed by atoms with Crippen LogP contribution in [0.2, 0.25) is 0 Å². The Bertz CT molecular complexity index is 1750. The monoisotopic (exact) mass is 538 g/mol. The lowest BCUT2D eigenvalue weighted by Gasteiger charge is -2.30. The highest BCUT2D eigenvalue weighted by molar-refractivity contribution is 6.32. The average Bonchev–Trinajstić information content (AvgIpc) is 3.37. The molecule has 0 fully saturated rings. The molecule has 0 spiro atoms. The highest BCUT2D eigenvalue weighted by Gasteiger charge is 2.60. The number of hydrogen-bond acceptors (Lipinski definition) is 8. The molecule has 0 aromatic heterocycles. The zero-order valence-electron chi connectivity index (χ0n) is 22.2. The quantitative estimate of drug-likeness (QED) is 0.309. The summed E-state index contributed by atoms with van der Waals surface area (Å²) in [5.74, 6) is -7.81.